The topological polar surface area (TPSA) is 77.1 Å². The van der Waals surface area contributed by atoms with E-state index in [4.69, 9.17) is 14.2 Å². The second-order valence-electron chi connectivity index (χ2n) is 6.77. The standard InChI is InChI=1S/C22H28N2O5/c1-15(25)16-9-10-20(21(12-16)28-5)29-14-22(26)23-13-19(24(2)3)17-7-6-8-18(11-17)27-4/h6-12,19H,13-14H2,1-5H3,(H,23,26). The van der Waals surface area contributed by atoms with Gasteiger partial charge in [-0.25, -0.2) is 0 Å². The minimum atomic E-state index is -0.252. The van der Waals surface area contributed by atoms with Crippen molar-refractivity contribution >= 4 is 11.7 Å². The van der Waals surface area contributed by atoms with Gasteiger partial charge in [0.25, 0.3) is 5.91 Å². The fourth-order valence-corrected chi connectivity index (χ4v) is 2.86. The van der Waals surface area contributed by atoms with Crippen LogP contribution < -0.4 is 19.5 Å². The van der Waals surface area contributed by atoms with E-state index in [-0.39, 0.29) is 24.3 Å². The number of hydrogen-bond donors (Lipinski definition) is 1. The van der Waals surface area contributed by atoms with Crippen LogP contribution in [0.3, 0.4) is 0 Å². The first kappa shape index (κ1) is 22.2. The van der Waals surface area contributed by atoms with Gasteiger partial charge in [-0.15, -0.1) is 0 Å². The van der Waals surface area contributed by atoms with Crippen molar-refractivity contribution in [3.05, 3.63) is 53.6 Å². The van der Waals surface area contributed by atoms with Crippen LogP contribution in [0.2, 0.25) is 0 Å². The van der Waals surface area contributed by atoms with Gasteiger partial charge in [0.15, 0.2) is 23.9 Å². The molecule has 29 heavy (non-hydrogen) atoms. The van der Waals surface area contributed by atoms with Gasteiger partial charge in [0.2, 0.25) is 0 Å². The highest BCUT2D eigenvalue weighted by molar-refractivity contribution is 5.94. The minimum absolute atomic E-state index is 0.0153. The summed E-state index contributed by atoms with van der Waals surface area (Å²) in [5.41, 5.74) is 1.56. The molecule has 0 aliphatic carbocycles. The predicted octanol–water partition coefficient (Wildman–Crippen LogP) is 2.70. The highest BCUT2D eigenvalue weighted by atomic mass is 16.5. The zero-order valence-corrected chi connectivity index (χ0v) is 17.5. The Kier molecular flexibility index (Phi) is 8.03. The third-order valence-electron chi connectivity index (χ3n) is 4.52. The molecule has 156 valence electrons. The average molecular weight is 400 g/mol. The molecule has 1 N–H and O–H groups in total. The van der Waals surface area contributed by atoms with Gasteiger partial charge >= 0.3 is 0 Å². The molecular weight excluding hydrogens is 372 g/mol. The molecule has 0 aliphatic rings. The van der Waals surface area contributed by atoms with Crippen molar-refractivity contribution in [1.29, 1.82) is 0 Å². The number of amides is 1. The van der Waals surface area contributed by atoms with E-state index in [0.29, 0.717) is 23.6 Å². The highest BCUT2D eigenvalue weighted by Crippen LogP contribution is 2.28. The number of benzene rings is 2. The molecule has 0 fully saturated rings. The van der Waals surface area contributed by atoms with E-state index in [1.807, 2.05) is 43.3 Å². The van der Waals surface area contributed by atoms with Gasteiger partial charge in [0, 0.05) is 12.1 Å². The molecule has 2 rings (SSSR count). The number of nitrogens with zero attached hydrogens (tertiary/aromatic N) is 1. The predicted molar refractivity (Wildman–Crippen MR) is 111 cm³/mol. The molecule has 2 aromatic carbocycles. The third kappa shape index (κ3) is 6.22. The Balaban J connectivity index is 1.97. The fraction of sp³-hybridized carbons (Fsp3) is 0.364. The summed E-state index contributed by atoms with van der Waals surface area (Å²) in [5, 5.41) is 2.90. The summed E-state index contributed by atoms with van der Waals surface area (Å²) in [4.78, 5) is 25.8. The number of carbonyl (C=O) groups excluding carboxylic acids is 2. The summed E-state index contributed by atoms with van der Waals surface area (Å²) in [5.74, 6) is 1.26. The molecule has 0 spiro atoms. The number of ketones is 1. The Bertz CT molecular complexity index is 851. The molecule has 1 unspecified atom stereocenters. The van der Waals surface area contributed by atoms with E-state index in [0.717, 1.165) is 11.3 Å². The van der Waals surface area contributed by atoms with Crippen LogP contribution in [0.1, 0.15) is 28.9 Å². The minimum Gasteiger partial charge on any atom is -0.497 e. The summed E-state index contributed by atoms with van der Waals surface area (Å²) >= 11 is 0. The smallest absolute Gasteiger partial charge is 0.258 e. The lowest BCUT2D eigenvalue weighted by Crippen LogP contribution is -2.36. The molecule has 0 bridgehead atoms. The lowest BCUT2D eigenvalue weighted by Gasteiger charge is -2.25. The van der Waals surface area contributed by atoms with Crippen molar-refractivity contribution in [2.75, 3.05) is 41.5 Å². The number of ether oxygens (including phenoxy) is 3. The first-order valence-corrected chi connectivity index (χ1v) is 9.24. The zero-order valence-electron chi connectivity index (χ0n) is 17.5. The van der Waals surface area contributed by atoms with Gasteiger partial charge < -0.3 is 24.4 Å². The normalized spacial score (nSPS) is 11.7. The van der Waals surface area contributed by atoms with Crippen molar-refractivity contribution in [3.63, 3.8) is 0 Å². The molecule has 1 atom stereocenters. The number of Topliss-reactive ketones (excluding diaryl/α,β-unsaturated/α-hetero) is 1. The molecule has 2 aromatic rings. The average Bonchev–Trinajstić information content (AvgIpc) is 2.72. The summed E-state index contributed by atoms with van der Waals surface area (Å²) < 4.78 is 16.1. The molecule has 7 heteroatoms. The van der Waals surface area contributed by atoms with Crippen molar-refractivity contribution in [1.82, 2.24) is 10.2 Å². The Hall–Kier alpha value is -3.06. The third-order valence-corrected chi connectivity index (χ3v) is 4.52. The molecular formula is C22H28N2O5. The first-order valence-electron chi connectivity index (χ1n) is 9.24. The van der Waals surface area contributed by atoms with E-state index in [1.54, 1.807) is 25.3 Å². The number of hydrogen-bond acceptors (Lipinski definition) is 6. The van der Waals surface area contributed by atoms with Gasteiger partial charge in [-0.05, 0) is 56.9 Å². The van der Waals surface area contributed by atoms with Crippen LogP contribution in [0.5, 0.6) is 17.2 Å². The summed E-state index contributed by atoms with van der Waals surface area (Å²) in [6, 6.07) is 12.6. The maximum Gasteiger partial charge on any atom is 0.258 e. The highest BCUT2D eigenvalue weighted by Gasteiger charge is 2.17. The van der Waals surface area contributed by atoms with Crippen molar-refractivity contribution in [2.24, 2.45) is 0 Å². The van der Waals surface area contributed by atoms with Gasteiger partial charge in [0.05, 0.1) is 20.3 Å². The fourth-order valence-electron chi connectivity index (χ4n) is 2.86. The first-order chi connectivity index (χ1) is 13.8. The molecule has 7 nitrogen and oxygen atoms in total. The van der Waals surface area contributed by atoms with Crippen molar-refractivity contribution < 1.29 is 23.8 Å². The second kappa shape index (κ2) is 10.5. The molecule has 0 aromatic heterocycles. The zero-order chi connectivity index (χ0) is 21.4. The van der Waals surface area contributed by atoms with Crippen LogP contribution in [0.4, 0.5) is 0 Å². The Morgan fingerprint density at radius 1 is 1.03 bits per heavy atom. The molecule has 0 aliphatic heterocycles. The lowest BCUT2D eigenvalue weighted by atomic mass is 10.1. The summed E-state index contributed by atoms with van der Waals surface area (Å²) in [6.45, 7) is 1.74. The maximum atomic E-state index is 12.3. The number of carbonyl (C=O) groups is 2. The van der Waals surface area contributed by atoms with E-state index < -0.39 is 0 Å². The SMILES string of the molecule is COc1cccc(C(CNC(=O)COc2ccc(C(C)=O)cc2OC)N(C)C)c1. The second-order valence-corrected chi connectivity index (χ2v) is 6.77. The molecule has 0 saturated carbocycles. The maximum absolute atomic E-state index is 12.3. The largest absolute Gasteiger partial charge is 0.497 e. The number of methoxy groups -OCH3 is 2. The Morgan fingerprint density at radius 3 is 2.41 bits per heavy atom. The van der Waals surface area contributed by atoms with E-state index >= 15 is 0 Å². The van der Waals surface area contributed by atoms with E-state index in [9.17, 15) is 9.59 Å². The molecule has 0 saturated heterocycles. The summed E-state index contributed by atoms with van der Waals surface area (Å²) in [7, 11) is 7.02. The van der Waals surface area contributed by atoms with E-state index in [1.165, 1.54) is 14.0 Å². The van der Waals surface area contributed by atoms with Crippen LogP contribution in [0.15, 0.2) is 42.5 Å². The van der Waals surface area contributed by atoms with Crippen LogP contribution in [-0.2, 0) is 4.79 Å². The van der Waals surface area contributed by atoms with Crippen LogP contribution in [0, 0.1) is 0 Å². The number of likely N-dealkylation sites (N-methyl/N-ethyl adjacent to an activating group) is 1. The van der Waals surface area contributed by atoms with Crippen molar-refractivity contribution in [2.45, 2.75) is 13.0 Å². The van der Waals surface area contributed by atoms with Crippen molar-refractivity contribution in [3.8, 4) is 17.2 Å². The van der Waals surface area contributed by atoms with E-state index in [2.05, 4.69) is 5.32 Å². The molecule has 0 radical (unpaired) electrons. The lowest BCUT2D eigenvalue weighted by molar-refractivity contribution is -0.123. The number of rotatable bonds is 10. The van der Waals surface area contributed by atoms with Crippen LogP contribution in [-0.4, -0.2) is 58.1 Å². The molecule has 0 heterocycles. The van der Waals surface area contributed by atoms with Gasteiger partial charge in [-0.1, -0.05) is 12.1 Å². The van der Waals surface area contributed by atoms with Gasteiger partial charge in [-0.2, -0.15) is 0 Å². The van der Waals surface area contributed by atoms with Gasteiger partial charge in [-0.3, -0.25) is 9.59 Å². The van der Waals surface area contributed by atoms with Gasteiger partial charge in [0.1, 0.15) is 5.75 Å². The Labute approximate surface area is 171 Å². The number of nitrogens with one attached hydrogen (secondary N) is 1. The van der Waals surface area contributed by atoms with Crippen LogP contribution >= 0.6 is 0 Å². The van der Waals surface area contributed by atoms with Crippen LogP contribution in [0.25, 0.3) is 0 Å². The summed E-state index contributed by atoms with van der Waals surface area (Å²) in [6.07, 6.45) is 0. The monoisotopic (exact) mass is 400 g/mol. The molecule has 1 amide bonds. The Morgan fingerprint density at radius 2 is 1.79 bits per heavy atom. The quantitative estimate of drug-likeness (QED) is 0.618.